The van der Waals surface area contributed by atoms with Crippen LogP contribution in [0, 0.1) is 10.8 Å². The third-order valence-electron chi connectivity index (χ3n) is 8.91. The number of Topliss-reactive ketones (excluding diaryl/α,β-unsaturated/α-hetero) is 2. The maximum absolute atomic E-state index is 14.1. The van der Waals surface area contributed by atoms with Crippen molar-refractivity contribution in [3.05, 3.63) is 66.5 Å². The third kappa shape index (κ3) is 2.72. The molecule has 1 fully saturated rings. The van der Waals surface area contributed by atoms with Gasteiger partial charge in [-0.1, -0.05) is 31.5 Å². The lowest BCUT2D eigenvalue weighted by Crippen LogP contribution is -2.61. The van der Waals surface area contributed by atoms with E-state index in [1.807, 2.05) is 6.08 Å². The molecule has 36 heavy (non-hydrogen) atoms. The highest BCUT2D eigenvalue weighted by molar-refractivity contribution is 6.32. The molecular weight excluding hydrogens is 486 g/mol. The topological polar surface area (TPSA) is 113 Å². The Morgan fingerprint density at radius 2 is 1.69 bits per heavy atom. The first-order valence-electron chi connectivity index (χ1n) is 11.7. The normalized spacial score (nSPS) is 29.5. The predicted octanol–water partition coefficient (Wildman–Crippen LogP) is 2.89. The number of nitrogens with zero attached hydrogens (tertiary/aromatic N) is 3. The quantitative estimate of drug-likeness (QED) is 0.618. The van der Waals surface area contributed by atoms with Gasteiger partial charge in [0.15, 0.2) is 23.1 Å². The number of carbonyl (C=O) groups excluding carboxylic acids is 2. The van der Waals surface area contributed by atoms with Crippen LogP contribution in [0.25, 0.3) is 0 Å². The molecule has 2 aliphatic carbocycles. The monoisotopic (exact) mass is 513 g/mol. The summed E-state index contributed by atoms with van der Waals surface area (Å²) in [6.45, 7) is 7.04. The molecule has 1 saturated carbocycles. The number of fused-ring (bicyclic) bond motifs is 4. The van der Waals surface area contributed by atoms with Crippen LogP contribution >= 0.6 is 11.6 Å². The smallest absolute Gasteiger partial charge is 0.347 e. The van der Waals surface area contributed by atoms with Gasteiger partial charge in [-0.05, 0) is 54.7 Å². The summed E-state index contributed by atoms with van der Waals surface area (Å²) in [4.78, 5) is 54.0. The fourth-order valence-electron chi connectivity index (χ4n) is 6.60. The van der Waals surface area contributed by atoms with Crippen LogP contribution in [0.5, 0.6) is 11.5 Å². The zero-order chi connectivity index (χ0) is 26.5. The molecule has 5 rings (SSSR count). The highest BCUT2D eigenvalue weighted by atomic mass is 35.5. The Bertz CT molecular complexity index is 1560. The van der Waals surface area contributed by atoms with Crippen LogP contribution in [0.1, 0.15) is 51.6 Å². The number of methoxy groups -OCH3 is 1. The van der Waals surface area contributed by atoms with Gasteiger partial charge in [-0.15, -0.1) is 0 Å². The van der Waals surface area contributed by atoms with E-state index in [2.05, 4.69) is 0 Å². The predicted molar refractivity (Wildman–Crippen MR) is 133 cm³/mol. The van der Waals surface area contributed by atoms with Crippen molar-refractivity contribution in [1.29, 1.82) is 0 Å². The molecule has 0 saturated heterocycles. The molecule has 4 atom stereocenters. The summed E-state index contributed by atoms with van der Waals surface area (Å²) < 4.78 is 9.17. The maximum Gasteiger partial charge on any atom is 0.347 e. The molecule has 3 aliphatic rings. The van der Waals surface area contributed by atoms with Crippen molar-refractivity contribution >= 4 is 23.2 Å². The van der Waals surface area contributed by atoms with Crippen molar-refractivity contribution in [2.24, 2.45) is 17.9 Å². The highest BCUT2D eigenvalue weighted by Gasteiger charge is 2.66. The number of aromatic nitrogens is 3. The van der Waals surface area contributed by atoms with Gasteiger partial charge in [0.1, 0.15) is 0 Å². The Morgan fingerprint density at radius 1 is 1.06 bits per heavy atom. The van der Waals surface area contributed by atoms with E-state index in [9.17, 15) is 24.3 Å². The maximum atomic E-state index is 14.1. The van der Waals surface area contributed by atoms with Crippen molar-refractivity contribution < 1.29 is 19.4 Å². The number of halogens is 1. The van der Waals surface area contributed by atoms with Gasteiger partial charge in [0.25, 0.3) is 0 Å². The Balaban J connectivity index is 1.88. The number of phenolic OH excluding ortho intramolecular Hbond substituents is 1. The lowest BCUT2D eigenvalue weighted by Gasteiger charge is -2.58. The summed E-state index contributed by atoms with van der Waals surface area (Å²) in [7, 11) is 2.82. The summed E-state index contributed by atoms with van der Waals surface area (Å²) in [5.74, 6) is -1.09. The van der Waals surface area contributed by atoms with E-state index in [1.165, 1.54) is 23.5 Å². The third-order valence-corrected chi connectivity index (χ3v) is 9.20. The van der Waals surface area contributed by atoms with E-state index >= 15 is 0 Å². The summed E-state index contributed by atoms with van der Waals surface area (Å²) >= 11 is 6.38. The highest BCUT2D eigenvalue weighted by Crippen LogP contribution is 2.66. The Labute approximate surface area is 212 Å². The second-order valence-corrected chi connectivity index (χ2v) is 10.8. The minimum absolute atomic E-state index is 0.0417. The molecule has 10 heteroatoms. The summed E-state index contributed by atoms with van der Waals surface area (Å²) in [6.07, 6.45) is 2.04. The van der Waals surface area contributed by atoms with Crippen LogP contribution < -0.4 is 16.1 Å². The van der Waals surface area contributed by atoms with Crippen LogP contribution in [0.4, 0.5) is 0 Å². The fraction of sp³-hybridized carbons (Fsp3) is 0.462. The van der Waals surface area contributed by atoms with Crippen LogP contribution in [0.15, 0.2) is 44.5 Å². The average Bonchev–Trinajstić information content (AvgIpc) is 3.07. The van der Waals surface area contributed by atoms with Crippen molar-refractivity contribution in [2.45, 2.75) is 52.6 Å². The number of hydrogen-bond acceptors (Lipinski definition) is 6. The molecule has 1 aromatic carbocycles. The van der Waals surface area contributed by atoms with E-state index in [0.29, 0.717) is 16.7 Å². The van der Waals surface area contributed by atoms with Gasteiger partial charge in [-0.25, -0.2) is 23.5 Å². The van der Waals surface area contributed by atoms with Gasteiger partial charge in [-0.2, -0.15) is 0 Å². The molecule has 1 aromatic heterocycles. The molecule has 2 heterocycles. The van der Waals surface area contributed by atoms with Crippen molar-refractivity contribution in [1.82, 2.24) is 13.9 Å². The molecule has 0 radical (unpaired) electrons. The lowest BCUT2D eigenvalue weighted by molar-refractivity contribution is -0.151. The first-order chi connectivity index (χ1) is 16.8. The zero-order valence-corrected chi connectivity index (χ0v) is 21.8. The number of phenols is 1. The number of ketones is 2. The number of aromatic hydroxyl groups is 1. The molecule has 1 N–H and O–H groups in total. The van der Waals surface area contributed by atoms with Crippen molar-refractivity contribution in [3.63, 3.8) is 0 Å². The first-order valence-corrected chi connectivity index (χ1v) is 12.1. The largest absolute Gasteiger partial charge is 0.503 e. The zero-order valence-electron chi connectivity index (χ0n) is 21.0. The van der Waals surface area contributed by atoms with E-state index in [4.69, 9.17) is 16.3 Å². The van der Waals surface area contributed by atoms with E-state index in [1.54, 1.807) is 39.8 Å². The second kappa shape index (κ2) is 7.59. The van der Waals surface area contributed by atoms with Gasteiger partial charge in [0.05, 0.1) is 30.1 Å². The van der Waals surface area contributed by atoms with E-state index in [0.717, 1.165) is 10.1 Å². The van der Waals surface area contributed by atoms with Crippen LogP contribution in [-0.4, -0.2) is 37.7 Å². The minimum Gasteiger partial charge on any atom is -0.503 e. The number of benzene rings is 1. The van der Waals surface area contributed by atoms with Crippen LogP contribution in [-0.2, 0) is 23.2 Å². The molecule has 0 spiro atoms. The molecule has 0 bridgehead atoms. The Kier molecular flexibility index (Phi) is 5.13. The van der Waals surface area contributed by atoms with Crippen molar-refractivity contribution in [3.8, 4) is 11.5 Å². The van der Waals surface area contributed by atoms with E-state index in [-0.39, 0.29) is 41.1 Å². The first kappa shape index (κ1) is 24.4. The number of carbonyl (C=O) groups is 2. The van der Waals surface area contributed by atoms with Gasteiger partial charge < -0.3 is 9.84 Å². The Morgan fingerprint density at radius 3 is 2.33 bits per heavy atom. The molecule has 0 unspecified atom stereocenters. The standard InChI is InChI=1S/C26H28ClN3O6/c1-12-13(2)22(33)26(4)19(14-9-16(27)20(31)18(10-14)36-6)15-7-8-29-23(34)28(5)24(35)30(29)17(15)11-25(26,3)21(12)32/h7,9-10,17,19,31H,8,11H2,1-6H3/t17-,19+,25+,26-/m1/s1. The molecule has 190 valence electrons. The van der Waals surface area contributed by atoms with Crippen LogP contribution in [0.3, 0.4) is 0 Å². The number of rotatable bonds is 2. The molecule has 9 nitrogen and oxygen atoms in total. The molecule has 1 aliphatic heterocycles. The summed E-state index contributed by atoms with van der Waals surface area (Å²) in [5.41, 5.74) is -1.20. The number of allylic oxidation sites excluding steroid dienone is 4. The second-order valence-electron chi connectivity index (χ2n) is 10.4. The van der Waals surface area contributed by atoms with Gasteiger partial charge in [0.2, 0.25) is 0 Å². The van der Waals surface area contributed by atoms with Gasteiger partial charge >= 0.3 is 11.4 Å². The van der Waals surface area contributed by atoms with Crippen molar-refractivity contribution in [2.75, 3.05) is 7.11 Å². The molecule has 0 amide bonds. The number of hydrogen-bond donors (Lipinski definition) is 1. The number of ether oxygens (including phenoxy) is 1. The average molecular weight is 514 g/mol. The lowest BCUT2D eigenvalue weighted by atomic mass is 9.43. The van der Waals surface area contributed by atoms with Crippen LogP contribution in [0.2, 0.25) is 5.02 Å². The Hall–Kier alpha value is -3.33. The fourth-order valence-corrected chi connectivity index (χ4v) is 6.82. The SMILES string of the molecule is COc1cc([C@H]2C3=CCn4c(=O)n(C)c(=O)n4[C@@H]3C[C@@]3(C)C(=O)C(C)=C(C)C(=O)[C@@]23C)cc(Cl)c1O. The summed E-state index contributed by atoms with van der Waals surface area (Å²) in [5, 5.41) is 10.4. The van der Waals surface area contributed by atoms with E-state index < -0.39 is 34.2 Å². The van der Waals surface area contributed by atoms with Gasteiger partial charge in [0, 0.05) is 18.4 Å². The summed E-state index contributed by atoms with van der Waals surface area (Å²) in [6, 6.07) is 2.56. The van der Waals surface area contributed by atoms with Gasteiger partial charge in [-0.3, -0.25) is 9.59 Å². The molecule has 2 aromatic rings. The minimum atomic E-state index is -1.22. The molecular formula is C26H28ClN3O6.